The Kier molecular flexibility index (Phi) is 3.83. The SMILES string of the molecule is Fc1cc(Cl)c(OCC(F)(F)F)c(Br)c1. The van der Waals surface area contributed by atoms with Crippen LogP contribution in [0, 0.1) is 5.82 Å². The van der Waals surface area contributed by atoms with Crippen molar-refractivity contribution < 1.29 is 22.3 Å². The maximum atomic E-state index is 12.7. The largest absolute Gasteiger partial charge is 0.481 e. The summed E-state index contributed by atoms with van der Waals surface area (Å²) in [7, 11) is 0. The van der Waals surface area contributed by atoms with Gasteiger partial charge in [0.05, 0.1) is 9.50 Å². The summed E-state index contributed by atoms with van der Waals surface area (Å²) < 4.78 is 52.6. The van der Waals surface area contributed by atoms with Crippen molar-refractivity contribution in [1.82, 2.24) is 0 Å². The molecule has 0 heterocycles. The molecule has 0 saturated carbocycles. The summed E-state index contributed by atoms with van der Waals surface area (Å²) >= 11 is 8.35. The third kappa shape index (κ3) is 3.87. The van der Waals surface area contributed by atoms with E-state index < -0.39 is 18.6 Å². The topological polar surface area (TPSA) is 9.23 Å². The minimum atomic E-state index is -4.46. The number of hydrogen-bond acceptors (Lipinski definition) is 1. The van der Waals surface area contributed by atoms with Crippen LogP contribution in [0.25, 0.3) is 0 Å². The maximum absolute atomic E-state index is 12.7. The van der Waals surface area contributed by atoms with E-state index in [4.69, 9.17) is 11.6 Å². The Hall–Kier alpha value is -0.490. The van der Waals surface area contributed by atoms with Crippen LogP contribution in [0.15, 0.2) is 16.6 Å². The average molecular weight is 307 g/mol. The molecular formula is C8H4BrClF4O. The smallest absolute Gasteiger partial charge is 0.422 e. The number of ether oxygens (including phenoxy) is 1. The molecule has 1 nitrogen and oxygen atoms in total. The molecule has 0 spiro atoms. The maximum Gasteiger partial charge on any atom is 0.422 e. The molecular weight excluding hydrogens is 303 g/mol. The second-order valence-electron chi connectivity index (χ2n) is 2.60. The molecule has 0 fully saturated rings. The zero-order valence-corrected chi connectivity index (χ0v) is 9.38. The van der Waals surface area contributed by atoms with E-state index in [0.29, 0.717) is 0 Å². The predicted octanol–water partition coefficient (Wildman–Crippen LogP) is 4.18. The Bertz CT molecular complexity index is 343. The fraction of sp³-hybridized carbons (Fsp3) is 0.250. The van der Waals surface area contributed by atoms with Crippen molar-refractivity contribution in [2.45, 2.75) is 6.18 Å². The third-order valence-corrected chi connectivity index (χ3v) is 2.21. The minimum Gasteiger partial charge on any atom is -0.481 e. The van der Waals surface area contributed by atoms with Crippen molar-refractivity contribution >= 4 is 27.5 Å². The molecule has 0 radical (unpaired) electrons. The van der Waals surface area contributed by atoms with Gasteiger partial charge in [-0.2, -0.15) is 13.2 Å². The van der Waals surface area contributed by atoms with Crippen molar-refractivity contribution in [3.63, 3.8) is 0 Å². The average Bonchev–Trinajstić information content (AvgIpc) is 1.99. The number of benzene rings is 1. The molecule has 0 aliphatic carbocycles. The summed E-state index contributed by atoms with van der Waals surface area (Å²) in [5, 5.41) is -0.217. The molecule has 0 bridgehead atoms. The van der Waals surface area contributed by atoms with Crippen LogP contribution < -0.4 is 4.74 Å². The zero-order valence-electron chi connectivity index (χ0n) is 7.04. The standard InChI is InChI=1S/C8H4BrClF4O/c9-5-1-4(11)2-6(10)7(5)15-3-8(12,13)14/h1-2H,3H2. The number of halogens is 6. The fourth-order valence-electron chi connectivity index (χ4n) is 0.821. The lowest BCUT2D eigenvalue weighted by atomic mass is 10.3. The monoisotopic (exact) mass is 306 g/mol. The van der Waals surface area contributed by atoms with Crippen molar-refractivity contribution in [2.24, 2.45) is 0 Å². The highest BCUT2D eigenvalue weighted by molar-refractivity contribution is 9.10. The molecule has 0 aliphatic heterocycles. The summed E-state index contributed by atoms with van der Waals surface area (Å²) in [5.74, 6) is -0.887. The van der Waals surface area contributed by atoms with E-state index in [9.17, 15) is 17.6 Å². The predicted molar refractivity (Wildman–Crippen MR) is 50.7 cm³/mol. The van der Waals surface area contributed by atoms with E-state index in [2.05, 4.69) is 20.7 Å². The summed E-state index contributed by atoms with van der Waals surface area (Å²) in [6.07, 6.45) is -4.46. The van der Waals surface area contributed by atoms with Crippen LogP contribution in [0.4, 0.5) is 17.6 Å². The Balaban J connectivity index is 2.86. The van der Waals surface area contributed by atoms with Crippen molar-refractivity contribution in [3.05, 3.63) is 27.4 Å². The molecule has 0 saturated heterocycles. The van der Waals surface area contributed by atoms with Crippen molar-refractivity contribution in [1.29, 1.82) is 0 Å². The molecule has 0 amide bonds. The summed E-state index contributed by atoms with van der Waals surface area (Å²) in [5.41, 5.74) is 0. The molecule has 1 aromatic rings. The lowest BCUT2D eigenvalue weighted by Crippen LogP contribution is -2.19. The first-order valence-corrected chi connectivity index (χ1v) is 4.81. The molecule has 1 aromatic carbocycles. The van der Waals surface area contributed by atoms with Crippen LogP contribution in [0.5, 0.6) is 5.75 Å². The van der Waals surface area contributed by atoms with Crippen LogP contribution in [0.3, 0.4) is 0 Å². The summed E-state index contributed by atoms with van der Waals surface area (Å²) in [6, 6.07) is 1.84. The van der Waals surface area contributed by atoms with Gasteiger partial charge in [0.25, 0.3) is 0 Å². The zero-order chi connectivity index (χ0) is 11.6. The van der Waals surface area contributed by atoms with Gasteiger partial charge < -0.3 is 4.74 Å². The Morgan fingerprint density at radius 1 is 1.33 bits per heavy atom. The molecule has 0 aliphatic rings. The van der Waals surface area contributed by atoms with Gasteiger partial charge in [0.1, 0.15) is 5.82 Å². The second kappa shape index (κ2) is 4.57. The number of alkyl halides is 3. The molecule has 15 heavy (non-hydrogen) atoms. The van der Waals surface area contributed by atoms with Crippen LogP contribution in [0.2, 0.25) is 5.02 Å². The van der Waals surface area contributed by atoms with Crippen molar-refractivity contribution in [3.8, 4) is 5.75 Å². The highest BCUT2D eigenvalue weighted by Crippen LogP contribution is 2.34. The lowest BCUT2D eigenvalue weighted by Gasteiger charge is -2.11. The van der Waals surface area contributed by atoms with Gasteiger partial charge in [-0.05, 0) is 28.1 Å². The van der Waals surface area contributed by atoms with Gasteiger partial charge >= 0.3 is 6.18 Å². The number of hydrogen-bond donors (Lipinski definition) is 0. The Morgan fingerprint density at radius 3 is 2.40 bits per heavy atom. The van der Waals surface area contributed by atoms with Crippen LogP contribution in [-0.2, 0) is 0 Å². The van der Waals surface area contributed by atoms with E-state index in [1.54, 1.807) is 0 Å². The van der Waals surface area contributed by atoms with E-state index in [-0.39, 0.29) is 15.2 Å². The first-order chi connectivity index (χ1) is 6.79. The van der Waals surface area contributed by atoms with Gasteiger partial charge in [-0.3, -0.25) is 0 Å². The molecule has 0 aromatic heterocycles. The summed E-state index contributed by atoms with van der Waals surface area (Å²) in [6.45, 7) is -1.48. The van der Waals surface area contributed by atoms with Crippen LogP contribution in [-0.4, -0.2) is 12.8 Å². The molecule has 1 rings (SSSR count). The molecule has 0 atom stereocenters. The first-order valence-electron chi connectivity index (χ1n) is 3.63. The first kappa shape index (κ1) is 12.6. The van der Waals surface area contributed by atoms with Gasteiger partial charge in [0.2, 0.25) is 0 Å². The quantitative estimate of drug-likeness (QED) is 0.745. The second-order valence-corrected chi connectivity index (χ2v) is 3.86. The lowest BCUT2D eigenvalue weighted by molar-refractivity contribution is -0.153. The van der Waals surface area contributed by atoms with E-state index in [1.807, 2.05) is 0 Å². The van der Waals surface area contributed by atoms with E-state index >= 15 is 0 Å². The molecule has 7 heteroatoms. The van der Waals surface area contributed by atoms with Crippen molar-refractivity contribution in [2.75, 3.05) is 6.61 Å². The normalized spacial score (nSPS) is 11.6. The van der Waals surface area contributed by atoms with Crippen LogP contribution in [0.1, 0.15) is 0 Å². The van der Waals surface area contributed by atoms with Gasteiger partial charge in [-0.1, -0.05) is 11.6 Å². The highest BCUT2D eigenvalue weighted by atomic mass is 79.9. The Morgan fingerprint density at radius 2 is 1.93 bits per heavy atom. The van der Waals surface area contributed by atoms with Crippen LogP contribution >= 0.6 is 27.5 Å². The molecule has 0 unspecified atom stereocenters. The third-order valence-electron chi connectivity index (χ3n) is 1.34. The van der Waals surface area contributed by atoms with E-state index in [0.717, 1.165) is 12.1 Å². The van der Waals surface area contributed by atoms with E-state index in [1.165, 1.54) is 0 Å². The summed E-state index contributed by atoms with van der Waals surface area (Å²) in [4.78, 5) is 0. The van der Waals surface area contributed by atoms with Gasteiger partial charge in [0, 0.05) is 0 Å². The molecule has 0 N–H and O–H groups in total. The Labute approximate surface area is 96.1 Å². The van der Waals surface area contributed by atoms with Gasteiger partial charge in [0.15, 0.2) is 12.4 Å². The highest BCUT2D eigenvalue weighted by Gasteiger charge is 2.29. The van der Waals surface area contributed by atoms with Gasteiger partial charge in [-0.15, -0.1) is 0 Å². The van der Waals surface area contributed by atoms with Gasteiger partial charge in [-0.25, -0.2) is 4.39 Å². The number of rotatable bonds is 2. The fourth-order valence-corrected chi connectivity index (χ4v) is 1.74. The minimum absolute atomic E-state index is 0.0387. The molecule has 84 valence electrons.